The van der Waals surface area contributed by atoms with E-state index >= 15 is 0 Å². The first kappa shape index (κ1) is 5.03. The Morgan fingerprint density at radius 2 is 1.70 bits per heavy atom. The van der Waals surface area contributed by atoms with Crippen molar-refractivity contribution in [1.29, 1.82) is 0 Å². The molecule has 0 saturated carbocycles. The molecule has 0 aliphatic carbocycles. The minimum absolute atomic E-state index is 0.303. The fourth-order valence-corrected chi connectivity index (χ4v) is 0.523. The first-order chi connectivity index (χ1) is 4.97. The molecule has 0 spiro atoms. The maximum atomic E-state index is 3.73. The highest BCUT2D eigenvalue weighted by molar-refractivity contribution is 5.60. The standard InChI is InChI=1S/C3HN7/c1-4-2-3(6-5-1)8-10-9-7-2/h1H. The lowest BCUT2D eigenvalue weighted by Gasteiger charge is -1.84. The molecular weight excluding hydrogens is 134 g/mol. The smallest absolute Gasteiger partial charge is 0.210 e. The molecule has 0 bridgehead atoms. The molecule has 0 saturated heterocycles. The molecule has 0 radical (unpaired) electrons. The minimum atomic E-state index is 0.303. The zero-order chi connectivity index (χ0) is 6.81. The van der Waals surface area contributed by atoms with E-state index in [2.05, 4.69) is 35.8 Å². The third-order valence-electron chi connectivity index (χ3n) is 0.903. The molecule has 2 aromatic rings. The van der Waals surface area contributed by atoms with Crippen LogP contribution in [0.4, 0.5) is 0 Å². The largest absolute Gasteiger partial charge is 0.244 e. The molecule has 0 fully saturated rings. The van der Waals surface area contributed by atoms with Crippen LogP contribution in [-0.2, 0) is 0 Å². The van der Waals surface area contributed by atoms with Gasteiger partial charge in [0.1, 0.15) is 6.33 Å². The van der Waals surface area contributed by atoms with Gasteiger partial charge in [-0.05, 0) is 10.4 Å². The molecule has 0 amide bonds. The monoisotopic (exact) mass is 135 g/mol. The third-order valence-corrected chi connectivity index (χ3v) is 0.903. The van der Waals surface area contributed by atoms with Crippen LogP contribution in [0.1, 0.15) is 0 Å². The summed E-state index contributed by atoms with van der Waals surface area (Å²) in [4.78, 5) is 3.73. The van der Waals surface area contributed by atoms with E-state index in [0.717, 1.165) is 0 Å². The summed E-state index contributed by atoms with van der Waals surface area (Å²) in [6.07, 6.45) is 1.28. The van der Waals surface area contributed by atoms with E-state index in [-0.39, 0.29) is 0 Å². The highest BCUT2D eigenvalue weighted by Gasteiger charge is 1.95. The second kappa shape index (κ2) is 1.87. The van der Waals surface area contributed by atoms with Crippen LogP contribution in [-0.4, -0.2) is 35.8 Å². The SMILES string of the molecule is c1nnc2nnnnc2n1. The molecule has 10 heavy (non-hydrogen) atoms. The Bertz CT molecular complexity index is 280. The molecule has 0 unspecified atom stereocenters. The molecule has 2 aromatic heterocycles. The summed E-state index contributed by atoms with van der Waals surface area (Å²) in [7, 11) is 0. The van der Waals surface area contributed by atoms with Crippen LogP contribution in [0.15, 0.2) is 6.33 Å². The van der Waals surface area contributed by atoms with Gasteiger partial charge in [-0.3, -0.25) is 0 Å². The second-order valence-electron chi connectivity index (χ2n) is 1.49. The van der Waals surface area contributed by atoms with Gasteiger partial charge >= 0.3 is 0 Å². The van der Waals surface area contributed by atoms with E-state index in [1.165, 1.54) is 6.33 Å². The normalized spacial score (nSPS) is 10.0. The van der Waals surface area contributed by atoms with Gasteiger partial charge in [0.05, 0.1) is 0 Å². The summed E-state index contributed by atoms with van der Waals surface area (Å²) in [5.74, 6) is 0. The van der Waals surface area contributed by atoms with Gasteiger partial charge in [-0.2, -0.15) is 0 Å². The Morgan fingerprint density at radius 1 is 0.900 bits per heavy atom. The first-order valence-electron chi connectivity index (χ1n) is 2.46. The lowest BCUT2D eigenvalue weighted by molar-refractivity contribution is 0.771. The summed E-state index contributed by atoms with van der Waals surface area (Å²) >= 11 is 0. The van der Waals surface area contributed by atoms with Gasteiger partial charge in [0, 0.05) is 0 Å². The molecule has 0 aromatic carbocycles. The lowest BCUT2D eigenvalue weighted by atomic mass is 10.7. The third kappa shape index (κ3) is 0.642. The summed E-state index contributed by atoms with van der Waals surface area (Å²) in [5.41, 5.74) is 0.655. The minimum Gasteiger partial charge on any atom is -0.210 e. The van der Waals surface area contributed by atoms with E-state index in [0.29, 0.717) is 11.3 Å². The molecule has 0 aliphatic heterocycles. The van der Waals surface area contributed by atoms with Crippen molar-refractivity contribution in [1.82, 2.24) is 35.8 Å². The zero-order valence-electron chi connectivity index (χ0n) is 4.71. The Labute approximate surface area is 54.5 Å². The van der Waals surface area contributed by atoms with Gasteiger partial charge < -0.3 is 0 Å². The van der Waals surface area contributed by atoms with Crippen molar-refractivity contribution < 1.29 is 0 Å². The van der Waals surface area contributed by atoms with Gasteiger partial charge in [0.25, 0.3) is 0 Å². The molecule has 0 N–H and O–H groups in total. The van der Waals surface area contributed by atoms with E-state index in [9.17, 15) is 0 Å². The Balaban J connectivity index is 2.89. The van der Waals surface area contributed by atoms with Crippen molar-refractivity contribution in [3.05, 3.63) is 6.33 Å². The van der Waals surface area contributed by atoms with Crippen molar-refractivity contribution >= 4 is 11.3 Å². The number of hydrogen-bond donors (Lipinski definition) is 0. The maximum Gasteiger partial charge on any atom is 0.244 e. The van der Waals surface area contributed by atoms with Crippen LogP contribution in [0, 0.1) is 0 Å². The maximum absolute atomic E-state index is 3.73. The molecule has 2 rings (SSSR count). The van der Waals surface area contributed by atoms with Crippen LogP contribution >= 0.6 is 0 Å². The fraction of sp³-hybridized carbons (Fsp3) is 0. The van der Waals surface area contributed by atoms with Gasteiger partial charge in [0.2, 0.25) is 11.3 Å². The van der Waals surface area contributed by atoms with Crippen LogP contribution in [0.5, 0.6) is 0 Å². The van der Waals surface area contributed by atoms with Crippen LogP contribution < -0.4 is 0 Å². The van der Waals surface area contributed by atoms with Crippen molar-refractivity contribution in [2.75, 3.05) is 0 Å². The fourth-order valence-electron chi connectivity index (χ4n) is 0.523. The molecule has 0 atom stereocenters. The van der Waals surface area contributed by atoms with E-state index in [4.69, 9.17) is 0 Å². The predicted octanol–water partition coefficient (Wildman–Crippen LogP) is -1.40. The highest BCUT2D eigenvalue weighted by atomic mass is 15.4. The number of rotatable bonds is 0. The first-order valence-corrected chi connectivity index (χ1v) is 2.46. The van der Waals surface area contributed by atoms with Gasteiger partial charge in [0.15, 0.2) is 0 Å². The van der Waals surface area contributed by atoms with Crippen molar-refractivity contribution in [2.45, 2.75) is 0 Å². The Hall–Kier alpha value is -1.79. The summed E-state index contributed by atoms with van der Waals surface area (Å²) < 4.78 is 0. The van der Waals surface area contributed by atoms with Crippen molar-refractivity contribution in [3.63, 3.8) is 0 Å². The van der Waals surface area contributed by atoms with Crippen LogP contribution in [0.25, 0.3) is 11.3 Å². The van der Waals surface area contributed by atoms with Crippen LogP contribution in [0.2, 0.25) is 0 Å². The summed E-state index contributed by atoms with van der Waals surface area (Å²) in [6, 6.07) is 0. The molecule has 7 nitrogen and oxygen atoms in total. The summed E-state index contributed by atoms with van der Waals surface area (Å²) in [6.45, 7) is 0. The van der Waals surface area contributed by atoms with Crippen molar-refractivity contribution in [3.8, 4) is 0 Å². The van der Waals surface area contributed by atoms with Crippen molar-refractivity contribution in [2.24, 2.45) is 0 Å². The average molecular weight is 135 g/mol. The molecule has 0 aliphatic rings. The zero-order valence-corrected chi connectivity index (χ0v) is 4.71. The number of hydrogen-bond acceptors (Lipinski definition) is 7. The number of aromatic nitrogens is 7. The topological polar surface area (TPSA) is 90.2 Å². The van der Waals surface area contributed by atoms with Crippen LogP contribution in [0.3, 0.4) is 0 Å². The molecule has 48 valence electrons. The number of fused-ring (bicyclic) bond motifs is 1. The summed E-state index contributed by atoms with van der Waals surface area (Å²) in [5, 5.41) is 20.7. The van der Waals surface area contributed by atoms with Gasteiger partial charge in [-0.25, -0.2) is 4.98 Å². The van der Waals surface area contributed by atoms with E-state index in [1.54, 1.807) is 0 Å². The van der Waals surface area contributed by atoms with E-state index < -0.39 is 0 Å². The predicted molar refractivity (Wildman–Crippen MR) is 28.5 cm³/mol. The molecule has 7 heteroatoms. The Kier molecular flexibility index (Phi) is 0.938. The Morgan fingerprint density at radius 3 is 2.50 bits per heavy atom. The van der Waals surface area contributed by atoms with Gasteiger partial charge in [-0.1, -0.05) is 0 Å². The highest BCUT2D eigenvalue weighted by Crippen LogP contribution is 1.90. The average Bonchev–Trinajstić information content (AvgIpc) is 2.05. The lowest BCUT2D eigenvalue weighted by Crippen LogP contribution is -1.97. The second-order valence-corrected chi connectivity index (χ2v) is 1.49. The number of nitrogens with zero attached hydrogens (tertiary/aromatic N) is 7. The molecular formula is C3HN7. The van der Waals surface area contributed by atoms with Gasteiger partial charge in [-0.15, -0.1) is 20.4 Å². The molecule has 2 heterocycles. The quantitative estimate of drug-likeness (QED) is 0.439. The van der Waals surface area contributed by atoms with E-state index in [1.807, 2.05) is 0 Å².